The molecule has 27 heavy (non-hydrogen) atoms. The van der Waals surface area contributed by atoms with E-state index in [4.69, 9.17) is 9.72 Å². The maximum atomic E-state index is 12.7. The summed E-state index contributed by atoms with van der Waals surface area (Å²) in [7, 11) is 1.66. The van der Waals surface area contributed by atoms with Crippen molar-refractivity contribution in [2.45, 2.75) is 23.7 Å². The molecule has 0 aliphatic carbocycles. The topological polar surface area (TPSA) is 42.4 Å². The molecule has 1 aromatic heterocycles. The molecule has 6 heteroatoms. The van der Waals surface area contributed by atoms with Crippen LogP contribution in [0.25, 0.3) is 10.2 Å². The molecule has 1 atom stereocenters. The van der Waals surface area contributed by atoms with Gasteiger partial charge in [-0.15, -0.1) is 23.1 Å². The number of ether oxygens (including phenoxy) is 1. The number of aromatic nitrogens is 1. The maximum absolute atomic E-state index is 12.7. The number of benzene rings is 2. The Labute approximate surface area is 167 Å². The lowest BCUT2D eigenvalue weighted by atomic mass is 9.99. The number of amides is 1. The number of para-hydroxylation sites is 1. The van der Waals surface area contributed by atoms with Gasteiger partial charge >= 0.3 is 0 Å². The molecule has 2 heterocycles. The fourth-order valence-corrected chi connectivity index (χ4v) is 5.27. The van der Waals surface area contributed by atoms with Crippen molar-refractivity contribution in [2.24, 2.45) is 0 Å². The van der Waals surface area contributed by atoms with Crippen LogP contribution in [0.2, 0.25) is 0 Å². The second kappa shape index (κ2) is 8.31. The van der Waals surface area contributed by atoms with Crippen molar-refractivity contribution in [2.75, 3.05) is 26.0 Å². The summed E-state index contributed by atoms with van der Waals surface area (Å²) in [5.41, 5.74) is 1.07. The average molecular weight is 399 g/mol. The minimum atomic E-state index is 0.210. The number of fused-ring (bicyclic) bond motifs is 1. The molecule has 140 valence electrons. The zero-order valence-corrected chi connectivity index (χ0v) is 16.9. The fraction of sp³-hybridized carbons (Fsp3) is 0.333. The van der Waals surface area contributed by atoms with Crippen LogP contribution in [0.5, 0.6) is 5.75 Å². The summed E-state index contributed by atoms with van der Waals surface area (Å²) in [4.78, 5) is 20.6. The van der Waals surface area contributed by atoms with Crippen LogP contribution in [0.15, 0.2) is 53.4 Å². The van der Waals surface area contributed by atoms with Crippen LogP contribution in [0, 0.1) is 0 Å². The minimum Gasteiger partial charge on any atom is -0.497 e. The fourth-order valence-electron chi connectivity index (χ4n) is 3.38. The predicted octanol–water partition coefficient (Wildman–Crippen LogP) is 4.80. The second-order valence-corrected chi connectivity index (χ2v) is 8.77. The van der Waals surface area contributed by atoms with E-state index in [2.05, 4.69) is 18.2 Å². The Morgan fingerprint density at radius 2 is 2.07 bits per heavy atom. The Morgan fingerprint density at radius 1 is 1.26 bits per heavy atom. The molecule has 1 saturated heterocycles. The molecule has 0 N–H and O–H groups in total. The molecule has 3 aromatic rings. The summed E-state index contributed by atoms with van der Waals surface area (Å²) in [6.45, 7) is 1.63. The van der Waals surface area contributed by atoms with Crippen molar-refractivity contribution >= 4 is 39.2 Å². The van der Waals surface area contributed by atoms with E-state index in [9.17, 15) is 4.79 Å². The number of rotatable bonds is 5. The number of thiazole rings is 1. The SMILES string of the molecule is COc1ccc(SCC(=O)N2CCC[C@@H](c3nc4ccccc4s3)C2)cc1. The molecule has 4 nitrogen and oxygen atoms in total. The Morgan fingerprint density at radius 3 is 2.85 bits per heavy atom. The standard InChI is InChI=1S/C21H22N2O2S2/c1-25-16-8-10-17(11-9-16)26-14-20(24)23-12-4-5-15(13-23)21-22-18-6-2-3-7-19(18)27-21/h2-3,6-11,15H,4-5,12-14H2,1H3/t15-/m1/s1. The van der Waals surface area contributed by atoms with Gasteiger partial charge in [0.15, 0.2) is 0 Å². The number of piperidine rings is 1. The molecule has 4 rings (SSSR count). The van der Waals surface area contributed by atoms with Crippen molar-refractivity contribution in [3.8, 4) is 5.75 Å². The number of thioether (sulfide) groups is 1. The molecule has 2 aromatic carbocycles. The van der Waals surface area contributed by atoms with Gasteiger partial charge in [0.05, 0.1) is 28.1 Å². The first-order chi connectivity index (χ1) is 13.2. The lowest BCUT2D eigenvalue weighted by molar-refractivity contribution is -0.129. The summed E-state index contributed by atoms with van der Waals surface area (Å²) in [5.74, 6) is 1.87. The van der Waals surface area contributed by atoms with Gasteiger partial charge in [-0.3, -0.25) is 4.79 Å². The van der Waals surface area contributed by atoms with E-state index in [-0.39, 0.29) is 5.91 Å². The van der Waals surface area contributed by atoms with Crippen LogP contribution >= 0.6 is 23.1 Å². The summed E-state index contributed by atoms with van der Waals surface area (Å²) >= 11 is 3.35. The van der Waals surface area contributed by atoms with E-state index >= 15 is 0 Å². The van der Waals surface area contributed by atoms with Crippen molar-refractivity contribution in [1.29, 1.82) is 0 Å². The number of nitrogens with zero attached hydrogens (tertiary/aromatic N) is 2. The van der Waals surface area contributed by atoms with E-state index in [1.165, 1.54) is 4.70 Å². The van der Waals surface area contributed by atoms with Crippen molar-refractivity contribution < 1.29 is 9.53 Å². The molecule has 1 fully saturated rings. The van der Waals surface area contributed by atoms with Gasteiger partial charge in [-0.05, 0) is 49.2 Å². The lowest BCUT2D eigenvalue weighted by Crippen LogP contribution is -2.40. The highest BCUT2D eigenvalue weighted by Gasteiger charge is 2.26. The molecule has 1 amide bonds. The van der Waals surface area contributed by atoms with Gasteiger partial charge in [0.25, 0.3) is 0 Å². The highest BCUT2D eigenvalue weighted by atomic mass is 32.2. The highest BCUT2D eigenvalue weighted by Crippen LogP contribution is 2.33. The van der Waals surface area contributed by atoms with Gasteiger partial charge in [-0.1, -0.05) is 12.1 Å². The van der Waals surface area contributed by atoms with E-state index in [1.807, 2.05) is 35.2 Å². The van der Waals surface area contributed by atoms with Crippen LogP contribution in [0.1, 0.15) is 23.8 Å². The minimum absolute atomic E-state index is 0.210. The van der Waals surface area contributed by atoms with Crippen LogP contribution in [0.4, 0.5) is 0 Å². The third kappa shape index (κ3) is 4.28. The number of carbonyl (C=O) groups excluding carboxylic acids is 1. The van der Waals surface area contributed by atoms with Gasteiger partial charge in [0.2, 0.25) is 5.91 Å². The Kier molecular flexibility index (Phi) is 5.64. The number of methoxy groups -OCH3 is 1. The van der Waals surface area contributed by atoms with Gasteiger partial charge < -0.3 is 9.64 Å². The van der Waals surface area contributed by atoms with Crippen molar-refractivity contribution in [1.82, 2.24) is 9.88 Å². The Balaban J connectivity index is 1.37. The third-order valence-electron chi connectivity index (χ3n) is 4.86. The summed E-state index contributed by atoms with van der Waals surface area (Å²) < 4.78 is 6.40. The van der Waals surface area contributed by atoms with Gasteiger partial charge in [0.1, 0.15) is 5.75 Å². The number of hydrogen-bond acceptors (Lipinski definition) is 5. The molecule has 0 radical (unpaired) electrons. The van der Waals surface area contributed by atoms with Crippen molar-refractivity contribution in [3.05, 3.63) is 53.5 Å². The van der Waals surface area contributed by atoms with Crippen LogP contribution in [-0.2, 0) is 4.79 Å². The first-order valence-corrected chi connectivity index (χ1v) is 10.9. The quantitative estimate of drug-likeness (QED) is 0.579. The molecule has 0 unspecified atom stereocenters. The first-order valence-electron chi connectivity index (χ1n) is 9.13. The van der Waals surface area contributed by atoms with Crippen LogP contribution in [-0.4, -0.2) is 41.7 Å². The molecule has 0 bridgehead atoms. The van der Waals surface area contributed by atoms with E-state index in [1.54, 1.807) is 30.2 Å². The third-order valence-corrected chi connectivity index (χ3v) is 7.05. The van der Waals surface area contributed by atoms with E-state index < -0.39 is 0 Å². The largest absolute Gasteiger partial charge is 0.497 e. The summed E-state index contributed by atoms with van der Waals surface area (Å²) in [6, 6.07) is 16.1. The highest BCUT2D eigenvalue weighted by molar-refractivity contribution is 8.00. The first kappa shape index (κ1) is 18.3. The molecule has 0 saturated carbocycles. The molecular weight excluding hydrogens is 376 g/mol. The predicted molar refractivity (Wildman–Crippen MR) is 112 cm³/mol. The van der Waals surface area contributed by atoms with Gasteiger partial charge in [-0.2, -0.15) is 0 Å². The number of likely N-dealkylation sites (tertiary alicyclic amines) is 1. The molecule has 1 aliphatic rings. The Hall–Kier alpha value is -2.05. The van der Waals surface area contributed by atoms with Crippen molar-refractivity contribution in [3.63, 3.8) is 0 Å². The van der Waals surface area contributed by atoms with Gasteiger partial charge in [-0.25, -0.2) is 4.98 Å². The Bertz CT molecular complexity index is 890. The molecule has 1 aliphatic heterocycles. The van der Waals surface area contributed by atoms with Crippen LogP contribution in [0.3, 0.4) is 0 Å². The summed E-state index contributed by atoms with van der Waals surface area (Å²) in [6.07, 6.45) is 2.15. The zero-order valence-electron chi connectivity index (χ0n) is 15.3. The lowest BCUT2D eigenvalue weighted by Gasteiger charge is -2.31. The number of hydrogen-bond donors (Lipinski definition) is 0. The average Bonchev–Trinajstić information content (AvgIpc) is 3.17. The second-order valence-electron chi connectivity index (χ2n) is 6.66. The summed E-state index contributed by atoms with van der Waals surface area (Å²) in [5, 5.41) is 1.16. The van der Waals surface area contributed by atoms with Crippen LogP contribution < -0.4 is 4.74 Å². The maximum Gasteiger partial charge on any atom is 0.232 e. The van der Waals surface area contributed by atoms with Gasteiger partial charge in [0, 0.05) is 23.9 Å². The molecule has 0 spiro atoms. The normalized spacial score (nSPS) is 17.2. The number of carbonyl (C=O) groups is 1. The van der Waals surface area contributed by atoms with E-state index in [0.717, 1.165) is 47.1 Å². The monoisotopic (exact) mass is 398 g/mol. The smallest absolute Gasteiger partial charge is 0.232 e. The van der Waals surface area contributed by atoms with E-state index in [0.29, 0.717) is 11.7 Å². The zero-order chi connectivity index (χ0) is 18.6. The molecular formula is C21H22N2O2S2.